The van der Waals surface area contributed by atoms with Crippen molar-refractivity contribution in [3.05, 3.63) is 17.6 Å². The lowest BCUT2D eigenvalue weighted by atomic mass is 9.88. The monoisotopic (exact) mass is 288 g/mol. The summed E-state index contributed by atoms with van der Waals surface area (Å²) < 4.78 is 27.7. The quantitative estimate of drug-likeness (QED) is 0.877. The Labute approximate surface area is 113 Å². The molecule has 1 rings (SSSR count). The number of aryl methyl sites for hydroxylation is 1. The van der Waals surface area contributed by atoms with E-state index in [4.69, 9.17) is 9.56 Å². The summed E-state index contributed by atoms with van der Waals surface area (Å²) in [6, 6.07) is 1.05. The summed E-state index contributed by atoms with van der Waals surface area (Å²) in [4.78, 5) is 11.8. The molecule has 1 aromatic heterocycles. The smallest absolute Gasteiger partial charge is 0.287 e. The largest absolute Gasteiger partial charge is 0.455 e. The van der Waals surface area contributed by atoms with Gasteiger partial charge in [-0.05, 0) is 19.3 Å². The zero-order chi connectivity index (χ0) is 15.0. The highest BCUT2D eigenvalue weighted by atomic mass is 32.2. The number of rotatable bonds is 3. The average Bonchev–Trinajstić information content (AvgIpc) is 2.58. The molecule has 0 spiro atoms. The Morgan fingerprint density at radius 1 is 1.42 bits per heavy atom. The van der Waals surface area contributed by atoms with E-state index in [1.165, 1.54) is 6.92 Å². The summed E-state index contributed by atoms with van der Waals surface area (Å²) in [5, 5.41) is 7.78. The van der Waals surface area contributed by atoms with Gasteiger partial charge in [-0.25, -0.2) is 13.6 Å². The minimum atomic E-state index is -3.88. The molecule has 1 aromatic rings. The van der Waals surface area contributed by atoms with E-state index in [0.717, 1.165) is 6.07 Å². The molecule has 1 amide bonds. The van der Waals surface area contributed by atoms with Gasteiger partial charge < -0.3 is 9.73 Å². The Bertz CT molecular complexity index is 581. The van der Waals surface area contributed by atoms with Gasteiger partial charge in [0.05, 0.1) is 0 Å². The zero-order valence-corrected chi connectivity index (χ0v) is 12.6. The molecule has 19 heavy (non-hydrogen) atoms. The van der Waals surface area contributed by atoms with Gasteiger partial charge in [-0.1, -0.05) is 20.8 Å². The van der Waals surface area contributed by atoms with E-state index in [0.29, 0.717) is 0 Å². The predicted octanol–water partition coefficient (Wildman–Crippen LogP) is 1.40. The number of nitrogens with one attached hydrogen (secondary N) is 1. The first-order valence-electron chi connectivity index (χ1n) is 5.87. The topological polar surface area (TPSA) is 102 Å². The summed E-state index contributed by atoms with van der Waals surface area (Å²) in [6.07, 6.45) is 0. The second-order valence-electron chi connectivity index (χ2n) is 5.64. The van der Waals surface area contributed by atoms with Gasteiger partial charge in [-0.15, -0.1) is 0 Å². The van der Waals surface area contributed by atoms with Gasteiger partial charge in [0.15, 0.2) is 5.76 Å². The van der Waals surface area contributed by atoms with Gasteiger partial charge in [0, 0.05) is 12.1 Å². The maximum atomic E-state index is 12.0. The van der Waals surface area contributed by atoms with Crippen molar-refractivity contribution in [1.82, 2.24) is 5.32 Å². The Hall–Kier alpha value is -1.34. The van der Waals surface area contributed by atoms with Crippen molar-refractivity contribution in [1.29, 1.82) is 0 Å². The maximum absolute atomic E-state index is 12.0. The summed E-state index contributed by atoms with van der Waals surface area (Å²) >= 11 is 0. The van der Waals surface area contributed by atoms with Crippen LogP contribution in [0.3, 0.4) is 0 Å². The van der Waals surface area contributed by atoms with E-state index < -0.39 is 15.9 Å². The van der Waals surface area contributed by atoms with Crippen molar-refractivity contribution in [2.45, 2.75) is 45.6 Å². The van der Waals surface area contributed by atoms with Gasteiger partial charge in [0.1, 0.15) is 10.7 Å². The fraction of sp³-hybridized carbons (Fsp3) is 0.583. The van der Waals surface area contributed by atoms with E-state index in [2.05, 4.69) is 5.32 Å². The first-order valence-corrected chi connectivity index (χ1v) is 7.41. The van der Waals surface area contributed by atoms with E-state index >= 15 is 0 Å². The van der Waals surface area contributed by atoms with Crippen molar-refractivity contribution in [3.63, 3.8) is 0 Å². The number of hydrogen-bond donors (Lipinski definition) is 2. The lowest BCUT2D eigenvalue weighted by Crippen LogP contribution is -2.41. The second kappa shape index (κ2) is 4.97. The number of primary sulfonamides is 1. The van der Waals surface area contributed by atoms with Gasteiger partial charge in [0.25, 0.3) is 5.91 Å². The number of carbonyl (C=O) groups is 1. The number of sulfonamides is 1. The molecule has 0 aromatic carbocycles. The van der Waals surface area contributed by atoms with Crippen LogP contribution >= 0.6 is 0 Å². The molecule has 0 bridgehead atoms. The lowest BCUT2D eigenvalue weighted by molar-refractivity contribution is 0.0880. The molecule has 0 aliphatic heterocycles. The minimum absolute atomic E-state index is 0.0578. The number of nitrogens with two attached hydrogens (primary N) is 1. The molecule has 1 heterocycles. The van der Waals surface area contributed by atoms with Crippen molar-refractivity contribution in [2.75, 3.05) is 0 Å². The highest BCUT2D eigenvalue weighted by Gasteiger charge is 2.25. The standard InChI is InChI=1S/C12H20N2O4S/c1-7-10(19(13,16)17)6-9(18-7)11(15)14-8(2)12(3,4)5/h6,8H,1-5H3,(H,14,15)(H2,13,16,17). The molecule has 1 atom stereocenters. The van der Waals surface area contributed by atoms with Crippen LogP contribution < -0.4 is 10.5 Å². The molecule has 0 fully saturated rings. The SMILES string of the molecule is Cc1oc(C(=O)NC(C)C(C)(C)C)cc1S(N)(=O)=O. The fourth-order valence-electron chi connectivity index (χ4n) is 1.34. The molecule has 108 valence electrons. The summed E-state index contributed by atoms with van der Waals surface area (Å²) in [5.41, 5.74) is -0.111. The minimum Gasteiger partial charge on any atom is -0.455 e. The average molecular weight is 288 g/mol. The van der Waals surface area contributed by atoms with E-state index in [9.17, 15) is 13.2 Å². The zero-order valence-electron chi connectivity index (χ0n) is 11.8. The predicted molar refractivity (Wildman–Crippen MR) is 71.2 cm³/mol. The van der Waals surface area contributed by atoms with Crippen LogP contribution in [0.1, 0.15) is 44.0 Å². The van der Waals surface area contributed by atoms with Crippen molar-refractivity contribution < 1.29 is 17.6 Å². The summed E-state index contributed by atoms with van der Waals surface area (Å²) in [7, 11) is -3.88. The van der Waals surface area contributed by atoms with Crippen LogP contribution in [0.5, 0.6) is 0 Å². The maximum Gasteiger partial charge on any atom is 0.287 e. The van der Waals surface area contributed by atoms with Crippen molar-refractivity contribution in [3.8, 4) is 0 Å². The normalized spacial score (nSPS) is 14.2. The van der Waals surface area contributed by atoms with Crippen LogP contribution in [0.4, 0.5) is 0 Å². The van der Waals surface area contributed by atoms with Crippen LogP contribution in [0.15, 0.2) is 15.4 Å². The first-order chi connectivity index (χ1) is 8.43. The summed E-state index contributed by atoms with van der Waals surface area (Å²) in [5.74, 6) is -0.408. The van der Waals surface area contributed by atoms with Crippen LogP contribution in [0.25, 0.3) is 0 Å². The van der Waals surface area contributed by atoms with Gasteiger partial charge in [0.2, 0.25) is 10.0 Å². The van der Waals surface area contributed by atoms with Crippen LogP contribution in [-0.2, 0) is 10.0 Å². The highest BCUT2D eigenvalue weighted by Crippen LogP contribution is 2.21. The molecule has 7 heteroatoms. The molecule has 0 aliphatic carbocycles. The number of carbonyl (C=O) groups excluding carboxylic acids is 1. The van der Waals surface area contributed by atoms with Crippen molar-refractivity contribution in [2.24, 2.45) is 10.6 Å². The molecule has 0 saturated heterocycles. The fourth-order valence-corrected chi connectivity index (χ4v) is 2.06. The molecule has 0 saturated carbocycles. The molecular formula is C12H20N2O4S. The Kier molecular flexibility index (Phi) is 4.11. The Morgan fingerprint density at radius 2 is 1.95 bits per heavy atom. The third-order valence-electron chi connectivity index (χ3n) is 3.05. The highest BCUT2D eigenvalue weighted by molar-refractivity contribution is 7.89. The first kappa shape index (κ1) is 15.7. The van der Waals surface area contributed by atoms with Crippen LogP contribution in [-0.4, -0.2) is 20.4 Å². The van der Waals surface area contributed by atoms with Gasteiger partial charge >= 0.3 is 0 Å². The third kappa shape index (κ3) is 3.81. The van der Waals surface area contributed by atoms with Gasteiger partial charge in [-0.2, -0.15) is 0 Å². The van der Waals surface area contributed by atoms with Gasteiger partial charge in [-0.3, -0.25) is 4.79 Å². The molecule has 1 unspecified atom stereocenters. The molecule has 0 radical (unpaired) electrons. The van der Waals surface area contributed by atoms with E-state index in [-0.39, 0.29) is 27.9 Å². The number of hydrogen-bond acceptors (Lipinski definition) is 4. The van der Waals surface area contributed by atoms with Crippen LogP contribution in [0.2, 0.25) is 0 Å². The Morgan fingerprint density at radius 3 is 2.32 bits per heavy atom. The summed E-state index contributed by atoms with van der Waals surface area (Å²) in [6.45, 7) is 9.28. The van der Waals surface area contributed by atoms with Crippen LogP contribution in [0, 0.1) is 12.3 Å². The van der Waals surface area contributed by atoms with E-state index in [1.807, 2.05) is 27.7 Å². The van der Waals surface area contributed by atoms with E-state index in [1.54, 1.807) is 0 Å². The number of amides is 1. The molecule has 3 N–H and O–H groups in total. The third-order valence-corrected chi connectivity index (χ3v) is 4.07. The molecule has 0 aliphatic rings. The number of furan rings is 1. The molecule has 6 nitrogen and oxygen atoms in total. The second-order valence-corrected chi connectivity index (χ2v) is 7.17. The van der Waals surface area contributed by atoms with Crippen molar-refractivity contribution >= 4 is 15.9 Å². The Balaban J connectivity index is 2.97. The molecular weight excluding hydrogens is 268 g/mol. The lowest BCUT2D eigenvalue weighted by Gasteiger charge is -2.27.